The van der Waals surface area contributed by atoms with Crippen molar-refractivity contribution in [1.82, 2.24) is 9.55 Å². The summed E-state index contributed by atoms with van der Waals surface area (Å²) in [4.78, 5) is 4.65. The summed E-state index contributed by atoms with van der Waals surface area (Å²) >= 11 is 0. The Morgan fingerprint density at radius 2 is 1.94 bits per heavy atom. The van der Waals surface area contributed by atoms with E-state index in [-0.39, 0.29) is 0 Å². The Morgan fingerprint density at radius 1 is 1.29 bits per heavy atom. The van der Waals surface area contributed by atoms with Crippen molar-refractivity contribution in [3.05, 3.63) is 11.5 Å². The maximum atomic E-state index is 6.22. The summed E-state index contributed by atoms with van der Waals surface area (Å²) in [6.07, 6.45) is 3.50. The zero-order valence-corrected chi connectivity index (χ0v) is 12.0. The van der Waals surface area contributed by atoms with Crippen LogP contribution in [0.5, 0.6) is 0 Å². The number of imidazole rings is 1. The van der Waals surface area contributed by atoms with Crippen LogP contribution in [0.1, 0.15) is 64.4 Å². The van der Waals surface area contributed by atoms with Gasteiger partial charge in [0, 0.05) is 12.5 Å². The van der Waals surface area contributed by atoms with Gasteiger partial charge in [-0.2, -0.15) is 0 Å². The molecular weight excluding hydrogens is 210 g/mol. The van der Waals surface area contributed by atoms with Crippen molar-refractivity contribution in [3.8, 4) is 0 Å². The Morgan fingerprint density at radius 3 is 2.47 bits per heavy atom. The van der Waals surface area contributed by atoms with Crippen LogP contribution in [0.15, 0.2) is 0 Å². The molecular formula is C14H27N3. The van der Waals surface area contributed by atoms with Gasteiger partial charge in [0.15, 0.2) is 0 Å². The Hall–Kier alpha value is -0.990. The van der Waals surface area contributed by atoms with E-state index in [1.807, 2.05) is 0 Å². The molecule has 1 heterocycles. The highest BCUT2D eigenvalue weighted by molar-refractivity contribution is 5.40. The van der Waals surface area contributed by atoms with Crippen LogP contribution in [0.3, 0.4) is 0 Å². The first-order valence-corrected chi connectivity index (χ1v) is 6.79. The summed E-state index contributed by atoms with van der Waals surface area (Å²) in [5.74, 6) is 3.08. The van der Waals surface area contributed by atoms with E-state index in [0.29, 0.717) is 11.8 Å². The third-order valence-corrected chi connectivity index (χ3v) is 3.25. The smallest absolute Gasteiger partial charge is 0.127 e. The lowest BCUT2D eigenvalue weighted by atomic mass is 9.96. The van der Waals surface area contributed by atoms with E-state index >= 15 is 0 Å². The average molecular weight is 237 g/mol. The predicted octanol–water partition coefficient (Wildman–Crippen LogP) is 3.72. The standard InChI is InChI=1S/C14H27N3/c1-6-7-8-17-12(5)16-13(14(17)15)11(4)9-10(2)3/h10-11H,6-9,15H2,1-5H3. The molecule has 1 rings (SSSR count). The second-order valence-electron chi connectivity index (χ2n) is 5.47. The number of rotatable bonds is 6. The average Bonchev–Trinajstić information content (AvgIpc) is 2.51. The largest absolute Gasteiger partial charge is 0.384 e. The molecule has 3 heteroatoms. The van der Waals surface area contributed by atoms with Crippen molar-refractivity contribution < 1.29 is 0 Å². The number of nitrogens with zero attached hydrogens (tertiary/aromatic N) is 2. The van der Waals surface area contributed by atoms with E-state index in [0.717, 1.165) is 30.3 Å². The van der Waals surface area contributed by atoms with Gasteiger partial charge < -0.3 is 10.3 Å². The van der Waals surface area contributed by atoms with Crippen molar-refractivity contribution in [3.63, 3.8) is 0 Å². The first-order valence-electron chi connectivity index (χ1n) is 6.79. The van der Waals surface area contributed by atoms with Gasteiger partial charge in [-0.3, -0.25) is 0 Å². The van der Waals surface area contributed by atoms with Crippen molar-refractivity contribution in [2.24, 2.45) is 5.92 Å². The number of aromatic nitrogens is 2. The topological polar surface area (TPSA) is 43.8 Å². The fraction of sp³-hybridized carbons (Fsp3) is 0.786. The van der Waals surface area contributed by atoms with Crippen LogP contribution in [0, 0.1) is 12.8 Å². The number of aryl methyl sites for hydroxylation is 1. The summed E-state index contributed by atoms with van der Waals surface area (Å²) < 4.78 is 2.16. The van der Waals surface area contributed by atoms with Gasteiger partial charge in [-0.15, -0.1) is 0 Å². The van der Waals surface area contributed by atoms with E-state index < -0.39 is 0 Å². The molecule has 1 atom stereocenters. The summed E-state index contributed by atoms with van der Waals surface area (Å²) in [7, 11) is 0. The van der Waals surface area contributed by atoms with Gasteiger partial charge in [0.2, 0.25) is 0 Å². The lowest BCUT2D eigenvalue weighted by Gasteiger charge is -2.13. The molecule has 0 aromatic carbocycles. The molecule has 98 valence electrons. The van der Waals surface area contributed by atoms with Crippen molar-refractivity contribution in [1.29, 1.82) is 0 Å². The Kier molecular flexibility index (Phi) is 5.03. The van der Waals surface area contributed by atoms with Gasteiger partial charge in [-0.05, 0) is 25.7 Å². The zero-order chi connectivity index (χ0) is 13.0. The summed E-state index contributed by atoms with van der Waals surface area (Å²) in [5, 5.41) is 0. The zero-order valence-electron chi connectivity index (χ0n) is 12.0. The molecule has 0 spiro atoms. The molecule has 2 N–H and O–H groups in total. The molecule has 0 fully saturated rings. The molecule has 0 amide bonds. The minimum absolute atomic E-state index is 0.455. The lowest BCUT2D eigenvalue weighted by Crippen LogP contribution is -2.07. The van der Waals surface area contributed by atoms with Gasteiger partial charge in [-0.25, -0.2) is 4.98 Å². The molecule has 0 saturated heterocycles. The maximum absolute atomic E-state index is 6.22. The number of hydrogen-bond donors (Lipinski definition) is 1. The third-order valence-electron chi connectivity index (χ3n) is 3.25. The molecule has 0 bridgehead atoms. The van der Waals surface area contributed by atoms with Gasteiger partial charge in [0.1, 0.15) is 11.6 Å². The fourth-order valence-electron chi connectivity index (χ4n) is 2.38. The molecule has 0 saturated carbocycles. The molecule has 1 unspecified atom stereocenters. The van der Waals surface area contributed by atoms with Gasteiger partial charge in [-0.1, -0.05) is 34.1 Å². The number of unbranched alkanes of at least 4 members (excludes halogenated alkanes) is 1. The van der Waals surface area contributed by atoms with Crippen LogP contribution in [0.25, 0.3) is 0 Å². The summed E-state index contributed by atoms with van der Waals surface area (Å²) in [6.45, 7) is 12.0. The van der Waals surface area contributed by atoms with Gasteiger partial charge in [0.05, 0.1) is 5.69 Å². The van der Waals surface area contributed by atoms with Crippen LogP contribution in [0.4, 0.5) is 5.82 Å². The number of hydrogen-bond acceptors (Lipinski definition) is 2. The first kappa shape index (κ1) is 14.1. The molecule has 0 aliphatic rings. The van der Waals surface area contributed by atoms with Crippen LogP contribution in [0.2, 0.25) is 0 Å². The monoisotopic (exact) mass is 237 g/mol. The fourth-order valence-corrected chi connectivity index (χ4v) is 2.38. The molecule has 0 radical (unpaired) electrons. The normalized spacial score (nSPS) is 13.3. The minimum Gasteiger partial charge on any atom is -0.384 e. The highest BCUT2D eigenvalue weighted by Gasteiger charge is 2.18. The second kappa shape index (κ2) is 6.08. The Bertz CT molecular complexity index is 353. The minimum atomic E-state index is 0.455. The molecule has 17 heavy (non-hydrogen) atoms. The molecule has 3 nitrogen and oxygen atoms in total. The van der Waals surface area contributed by atoms with Crippen LogP contribution in [-0.2, 0) is 6.54 Å². The second-order valence-corrected chi connectivity index (χ2v) is 5.47. The summed E-state index contributed by atoms with van der Waals surface area (Å²) in [6, 6.07) is 0. The van der Waals surface area contributed by atoms with E-state index in [9.17, 15) is 0 Å². The summed E-state index contributed by atoms with van der Waals surface area (Å²) in [5.41, 5.74) is 7.31. The molecule has 0 aliphatic carbocycles. The molecule has 1 aromatic heterocycles. The number of nitrogen functional groups attached to an aromatic ring is 1. The third kappa shape index (κ3) is 3.48. The maximum Gasteiger partial charge on any atom is 0.127 e. The van der Waals surface area contributed by atoms with Crippen molar-refractivity contribution in [2.75, 3.05) is 5.73 Å². The van der Waals surface area contributed by atoms with E-state index in [1.165, 1.54) is 12.8 Å². The Labute approximate surface area is 105 Å². The van der Waals surface area contributed by atoms with E-state index in [1.54, 1.807) is 0 Å². The van der Waals surface area contributed by atoms with Crippen LogP contribution >= 0.6 is 0 Å². The van der Waals surface area contributed by atoms with Crippen LogP contribution < -0.4 is 5.73 Å². The highest BCUT2D eigenvalue weighted by Crippen LogP contribution is 2.28. The number of nitrogens with two attached hydrogens (primary N) is 1. The highest BCUT2D eigenvalue weighted by atomic mass is 15.1. The Balaban J connectivity index is 2.87. The first-order chi connectivity index (χ1) is 7.97. The predicted molar refractivity (Wildman–Crippen MR) is 74.2 cm³/mol. The molecule has 1 aromatic rings. The van der Waals surface area contributed by atoms with E-state index in [4.69, 9.17) is 5.73 Å². The van der Waals surface area contributed by atoms with Crippen molar-refractivity contribution in [2.45, 2.75) is 66.3 Å². The quantitative estimate of drug-likeness (QED) is 0.819. The van der Waals surface area contributed by atoms with Crippen molar-refractivity contribution >= 4 is 5.82 Å². The SMILES string of the molecule is CCCCn1c(C)nc(C(C)CC(C)C)c1N. The number of anilines is 1. The lowest BCUT2D eigenvalue weighted by molar-refractivity contribution is 0.518. The van der Waals surface area contributed by atoms with Gasteiger partial charge in [0.25, 0.3) is 0 Å². The van der Waals surface area contributed by atoms with Crippen LogP contribution in [-0.4, -0.2) is 9.55 Å². The van der Waals surface area contributed by atoms with Gasteiger partial charge >= 0.3 is 0 Å². The van der Waals surface area contributed by atoms with E-state index in [2.05, 4.69) is 44.2 Å². The molecule has 0 aliphatic heterocycles.